The van der Waals surface area contributed by atoms with Crippen molar-refractivity contribution in [3.05, 3.63) is 0 Å². The van der Waals surface area contributed by atoms with Crippen LogP contribution < -0.4 is 0 Å². The molecule has 0 bridgehead atoms. The molecule has 0 aliphatic heterocycles. The average molecular weight is 212 g/mol. The Morgan fingerprint density at radius 2 is 1.31 bits per heavy atom. The van der Waals surface area contributed by atoms with Gasteiger partial charge < -0.3 is 10.2 Å². The van der Waals surface area contributed by atoms with E-state index in [2.05, 4.69) is 0 Å². The molecule has 0 spiro atoms. The van der Waals surface area contributed by atoms with E-state index in [0.29, 0.717) is 0 Å². The molecule has 0 aliphatic rings. The van der Waals surface area contributed by atoms with Crippen LogP contribution in [0.5, 0.6) is 0 Å². The zero-order valence-corrected chi connectivity index (χ0v) is 6.24. The molecule has 0 saturated carbocycles. The first kappa shape index (κ1) is 12.5. The number of halogens is 6. The number of rotatable bonds is 3. The maximum absolute atomic E-state index is 12.1. The summed E-state index contributed by atoms with van der Waals surface area (Å²) in [4.78, 5) is 0. The number of hydrogen-bond acceptors (Lipinski definition) is 2. The molecule has 0 amide bonds. The van der Waals surface area contributed by atoms with Crippen LogP contribution in [0, 0.1) is 0 Å². The summed E-state index contributed by atoms with van der Waals surface area (Å²) in [7, 11) is 0. The van der Waals surface area contributed by atoms with Crippen LogP contribution in [0.1, 0.15) is 6.92 Å². The van der Waals surface area contributed by atoms with Crippen molar-refractivity contribution in [1.29, 1.82) is 0 Å². The largest absolute Gasteiger partial charge is 0.396 e. The normalized spacial score (nSPS) is 17.3. The van der Waals surface area contributed by atoms with Gasteiger partial charge in [-0.3, -0.25) is 0 Å². The number of aliphatic hydroxyl groups is 2. The van der Waals surface area contributed by atoms with Gasteiger partial charge in [0.05, 0.1) is 0 Å². The monoisotopic (exact) mass is 212 g/mol. The molecule has 8 heteroatoms. The fourth-order valence-electron chi connectivity index (χ4n) is 0.462. The van der Waals surface area contributed by atoms with Crippen LogP contribution in [0.3, 0.4) is 0 Å². The van der Waals surface area contributed by atoms with Gasteiger partial charge in [-0.2, -0.15) is 22.0 Å². The highest BCUT2D eigenvalue weighted by Gasteiger charge is 2.72. The maximum atomic E-state index is 12.1. The second-order valence-electron chi connectivity index (χ2n) is 2.40. The summed E-state index contributed by atoms with van der Waals surface area (Å²) in [6.07, 6.45) is -3.42. The van der Waals surface area contributed by atoms with Crippen LogP contribution in [-0.2, 0) is 0 Å². The fourth-order valence-corrected chi connectivity index (χ4v) is 0.462. The van der Waals surface area contributed by atoms with Gasteiger partial charge in [0.1, 0.15) is 0 Å². The molecule has 13 heavy (non-hydrogen) atoms. The second-order valence-corrected chi connectivity index (χ2v) is 2.40. The third-order valence-electron chi connectivity index (χ3n) is 1.32. The van der Waals surface area contributed by atoms with Crippen LogP contribution in [-0.4, -0.2) is 34.3 Å². The van der Waals surface area contributed by atoms with Gasteiger partial charge in [-0.25, -0.2) is 4.39 Å². The fraction of sp³-hybridized carbons (Fsp3) is 1.00. The molecule has 2 N–H and O–H groups in total. The molecule has 0 radical (unpaired) electrons. The Labute approximate surface area is 68.8 Å². The van der Waals surface area contributed by atoms with Gasteiger partial charge in [-0.15, -0.1) is 0 Å². The lowest BCUT2D eigenvalue weighted by molar-refractivity contribution is -0.420. The van der Waals surface area contributed by atoms with E-state index >= 15 is 0 Å². The third kappa shape index (κ3) is 1.88. The van der Waals surface area contributed by atoms with Crippen molar-refractivity contribution >= 4 is 0 Å². The molecule has 0 fully saturated rings. The summed E-state index contributed by atoms with van der Waals surface area (Å²) in [6, 6.07) is -5.46. The van der Waals surface area contributed by atoms with Crippen LogP contribution in [0.15, 0.2) is 0 Å². The molecule has 0 aromatic carbocycles. The van der Waals surface area contributed by atoms with Crippen molar-refractivity contribution in [2.45, 2.75) is 31.0 Å². The van der Waals surface area contributed by atoms with E-state index in [1.165, 1.54) is 0 Å². The first-order chi connectivity index (χ1) is 5.44. The zero-order valence-electron chi connectivity index (χ0n) is 6.24. The van der Waals surface area contributed by atoms with E-state index in [-0.39, 0.29) is 6.92 Å². The standard InChI is InChI=1S/C5H6F6O2/c1-2(6)3(7,8)4(9,10)5(11,12)13/h2,12-13H,1H3. The number of alkyl halides is 6. The topological polar surface area (TPSA) is 40.5 Å². The van der Waals surface area contributed by atoms with E-state index in [9.17, 15) is 26.3 Å². The minimum Gasteiger partial charge on any atom is -0.335 e. The summed E-state index contributed by atoms with van der Waals surface area (Å²) in [6.45, 7) is 0.0413. The maximum Gasteiger partial charge on any atom is 0.396 e. The van der Waals surface area contributed by atoms with Gasteiger partial charge in [0, 0.05) is 0 Å². The van der Waals surface area contributed by atoms with Crippen LogP contribution in [0.4, 0.5) is 26.3 Å². The molecule has 80 valence electrons. The molecule has 0 rings (SSSR count). The van der Waals surface area contributed by atoms with Gasteiger partial charge in [-0.1, -0.05) is 0 Å². The molecule has 0 aromatic rings. The van der Waals surface area contributed by atoms with Crippen LogP contribution >= 0.6 is 0 Å². The first-order valence-corrected chi connectivity index (χ1v) is 2.98. The lowest BCUT2D eigenvalue weighted by Gasteiger charge is -2.31. The van der Waals surface area contributed by atoms with Gasteiger partial charge in [0.25, 0.3) is 0 Å². The van der Waals surface area contributed by atoms with Crippen molar-refractivity contribution in [2.75, 3.05) is 0 Å². The van der Waals surface area contributed by atoms with E-state index in [1.54, 1.807) is 0 Å². The third-order valence-corrected chi connectivity index (χ3v) is 1.32. The molecule has 1 atom stereocenters. The Bertz CT molecular complexity index is 184. The van der Waals surface area contributed by atoms with E-state index in [1.807, 2.05) is 0 Å². The minimum absolute atomic E-state index is 0.0413. The SMILES string of the molecule is CC(F)C(F)(F)C(F)(F)C(O)(O)F. The highest BCUT2D eigenvalue weighted by atomic mass is 19.3. The lowest BCUT2D eigenvalue weighted by Crippen LogP contribution is -2.59. The second kappa shape index (κ2) is 3.02. The Morgan fingerprint density at radius 1 is 1.00 bits per heavy atom. The minimum atomic E-state index is -5.91. The molecular weight excluding hydrogens is 206 g/mol. The van der Waals surface area contributed by atoms with Gasteiger partial charge >= 0.3 is 17.9 Å². The van der Waals surface area contributed by atoms with Gasteiger partial charge in [0.15, 0.2) is 6.17 Å². The molecular formula is C5H6F6O2. The highest BCUT2D eigenvalue weighted by Crippen LogP contribution is 2.44. The predicted octanol–water partition coefficient (Wildman–Crippen LogP) is 1.22. The van der Waals surface area contributed by atoms with Gasteiger partial charge in [0.2, 0.25) is 0 Å². The van der Waals surface area contributed by atoms with Crippen LogP contribution in [0.25, 0.3) is 0 Å². The van der Waals surface area contributed by atoms with E-state index in [4.69, 9.17) is 10.2 Å². The number of hydrogen-bond donors (Lipinski definition) is 2. The van der Waals surface area contributed by atoms with Crippen molar-refractivity contribution in [2.24, 2.45) is 0 Å². The van der Waals surface area contributed by atoms with E-state index < -0.39 is 24.1 Å². The predicted molar refractivity (Wildman–Crippen MR) is 28.7 cm³/mol. The van der Waals surface area contributed by atoms with Crippen molar-refractivity contribution in [3.63, 3.8) is 0 Å². The van der Waals surface area contributed by atoms with Crippen molar-refractivity contribution < 1.29 is 36.6 Å². The lowest BCUT2D eigenvalue weighted by atomic mass is 10.1. The summed E-state index contributed by atoms with van der Waals surface area (Å²) < 4.78 is 72.1. The zero-order chi connectivity index (χ0) is 11.1. The Morgan fingerprint density at radius 3 is 1.38 bits per heavy atom. The first-order valence-electron chi connectivity index (χ1n) is 2.98. The Hall–Kier alpha value is -0.500. The molecule has 0 aromatic heterocycles. The van der Waals surface area contributed by atoms with Crippen molar-refractivity contribution in [3.8, 4) is 0 Å². The molecule has 2 nitrogen and oxygen atoms in total. The Kier molecular flexibility index (Phi) is 2.90. The summed E-state index contributed by atoms with van der Waals surface area (Å²) >= 11 is 0. The highest BCUT2D eigenvalue weighted by molar-refractivity contribution is 4.93. The molecule has 0 heterocycles. The molecule has 0 aliphatic carbocycles. The van der Waals surface area contributed by atoms with Gasteiger partial charge in [-0.05, 0) is 6.92 Å². The smallest absolute Gasteiger partial charge is 0.335 e. The Balaban J connectivity index is 5.04. The molecule has 0 saturated heterocycles. The van der Waals surface area contributed by atoms with E-state index in [0.717, 1.165) is 0 Å². The average Bonchev–Trinajstić information content (AvgIpc) is 1.84. The quantitative estimate of drug-likeness (QED) is 0.545. The van der Waals surface area contributed by atoms with Crippen molar-refractivity contribution in [1.82, 2.24) is 0 Å². The summed E-state index contributed by atoms with van der Waals surface area (Å²) in [5, 5.41) is 15.2. The summed E-state index contributed by atoms with van der Waals surface area (Å²) in [5.74, 6) is -11.4. The van der Waals surface area contributed by atoms with Crippen LogP contribution in [0.2, 0.25) is 0 Å². The molecule has 1 unspecified atom stereocenters. The summed E-state index contributed by atoms with van der Waals surface area (Å²) in [5.41, 5.74) is 0.